The van der Waals surface area contributed by atoms with Crippen LogP contribution in [0.3, 0.4) is 0 Å². The van der Waals surface area contributed by atoms with E-state index >= 15 is 0 Å². The lowest BCUT2D eigenvalue weighted by atomic mass is 10.1. The first-order valence-electron chi connectivity index (χ1n) is 9.02. The number of ketones is 1. The van der Waals surface area contributed by atoms with Crippen LogP contribution in [-0.4, -0.2) is 11.7 Å². The molecule has 0 heterocycles. The predicted molar refractivity (Wildman–Crippen MR) is 117 cm³/mol. The number of aryl methyl sites for hydroxylation is 1. The van der Waals surface area contributed by atoms with Gasteiger partial charge < -0.3 is 5.32 Å². The number of allylic oxidation sites excluding steroid dienone is 1. The molecule has 3 rings (SSSR count). The monoisotopic (exact) mass is 433 g/mol. The van der Waals surface area contributed by atoms with Crippen LogP contribution in [0.25, 0.3) is 6.08 Å². The second kappa shape index (κ2) is 9.81. The van der Waals surface area contributed by atoms with Crippen molar-refractivity contribution in [1.82, 2.24) is 0 Å². The van der Waals surface area contributed by atoms with Crippen molar-refractivity contribution in [3.8, 4) is 0 Å². The highest BCUT2D eigenvalue weighted by atomic mass is 79.9. The molecule has 0 saturated carbocycles. The normalized spacial score (nSPS) is 10.8. The van der Waals surface area contributed by atoms with E-state index in [0.29, 0.717) is 24.1 Å². The van der Waals surface area contributed by atoms with E-state index in [1.807, 2.05) is 54.6 Å². The maximum absolute atomic E-state index is 12.3. The van der Waals surface area contributed by atoms with E-state index in [4.69, 9.17) is 0 Å². The summed E-state index contributed by atoms with van der Waals surface area (Å²) in [5.41, 5.74) is 3.36. The molecule has 0 aliphatic carbocycles. The predicted octanol–water partition coefficient (Wildman–Crippen LogP) is 5.92. The van der Waals surface area contributed by atoms with Gasteiger partial charge in [-0.05, 0) is 60.0 Å². The Hall–Kier alpha value is -2.98. The Morgan fingerprint density at radius 2 is 1.54 bits per heavy atom. The third kappa shape index (κ3) is 6.03. The van der Waals surface area contributed by atoms with Crippen LogP contribution >= 0.6 is 15.9 Å². The van der Waals surface area contributed by atoms with Gasteiger partial charge >= 0.3 is 0 Å². The molecule has 0 aliphatic rings. The van der Waals surface area contributed by atoms with Crippen molar-refractivity contribution in [3.05, 3.63) is 106 Å². The molecule has 0 atom stereocenters. The maximum Gasteiger partial charge on any atom is 0.224 e. The Morgan fingerprint density at radius 1 is 0.857 bits per heavy atom. The molecule has 3 aromatic rings. The minimum absolute atomic E-state index is 0.0435. The first-order valence-corrected chi connectivity index (χ1v) is 9.81. The lowest BCUT2D eigenvalue weighted by molar-refractivity contribution is -0.116. The van der Waals surface area contributed by atoms with Gasteiger partial charge in [-0.3, -0.25) is 9.59 Å². The number of benzene rings is 3. The molecule has 0 aliphatic heterocycles. The van der Waals surface area contributed by atoms with Crippen LogP contribution in [0.15, 0.2) is 89.4 Å². The standard InChI is InChI=1S/C24H20BrNO2/c25-21-12-6-19(7-13-21)8-16-23(27)20-10-14-22(15-11-20)26-24(28)17-9-18-4-2-1-3-5-18/h1-8,10-16H,9,17H2,(H,26,28)/b16-8-. The van der Waals surface area contributed by atoms with E-state index in [0.717, 1.165) is 15.6 Å². The molecule has 0 unspecified atom stereocenters. The van der Waals surface area contributed by atoms with Crippen LogP contribution in [0.5, 0.6) is 0 Å². The molecule has 0 saturated heterocycles. The molecule has 140 valence electrons. The van der Waals surface area contributed by atoms with Gasteiger partial charge in [0.05, 0.1) is 0 Å². The number of anilines is 1. The van der Waals surface area contributed by atoms with Crippen LogP contribution in [0, 0.1) is 0 Å². The number of hydrogen-bond acceptors (Lipinski definition) is 2. The van der Waals surface area contributed by atoms with Crippen molar-refractivity contribution in [3.63, 3.8) is 0 Å². The van der Waals surface area contributed by atoms with Gasteiger partial charge in [0, 0.05) is 22.1 Å². The van der Waals surface area contributed by atoms with Crippen molar-refractivity contribution >= 4 is 39.4 Å². The smallest absolute Gasteiger partial charge is 0.224 e. The minimum Gasteiger partial charge on any atom is -0.326 e. The Balaban J connectivity index is 1.53. The Labute approximate surface area is 173 Å². The Kier molecular flexibility index (Phi) is 6.93. The van der Waals surface area contributed by atoms with Crippen LogP contribution in [0.2, 0.25) is 0 Å². The summed E-state index contributed by atoms with van der Waals surface area (Å²) in [6, 6.07) is 24.6. The molecule has 3 nitrogen and oxygen atoms in total. The average Bonchev–Trinajstić information content (AvgIpc) is 2.73. The van der Waals surface area contributed by atoms with Gasteiger partial charge in [0.2, 0.25) is 5.91 Å². The number of nitrogens with one attached hydrogen (secondary N) is 1. The molecule has 0 aromatic heterocycles. The third-order valence-corrected chi connectivity index (χ3v) is 4.76. The summed E-state index contributed by atoms with van der Waals surface area (Å²) in [7, 11) is 0. The molecule has 0 spiro atoms. The summed E-state index contributed by atoms with van der Waals surface area (Å²) in [5.74, 6) is -0.122. The lowest BCUT2D eigenvalue weighted by Gasteiger charge is -2.06. The fourth-order valence-corrected chi connectivity index (χ4v) is 2.95. The lowest BCUT2D eigenvalue weighted by Crippen LogP contribution is -2.12. The number of carbonyl (C=O) groups is 2. The summed E-state index contributed by atoms with van der Waals surface area (Å²) < 4.78 is 0.998. The first-order chi connectivity index (χ1) is 13.6. The first kappa shape index (κ1) is 19.8. The van der Waals surface area contributed by atoms with Gasteiger partial charge in [0.1, 0.15) is 0 Å². The second-order valence-corrected chi connectivity index (χ2v) is 7.28. The average molecular weight is 434 g/mol. The zero-order valence-corrected chi connectivity index (χ0v) is 16.9. The number of rotatable bonds is 7. The van der Waals surface area contributed by atoms with Gasteiger partial charge in [-0.15, -0.1) is 0 Å². The van der Waals surface area contributed by atoms with Crippen molar-refractivity contribution in [2.45, 2.75) is 12.8 Å². The molecule has 0 radical (unpaired) electrons. The van der Waals surface area contributed by atoms with Gasteiger partial charge in [0.25, 0.3) is 0 Å². The van der Waals surface area contributed by atoms with Crippen molar-refractivity contribution in [2.24, 2.45) is 0 Å². The molecule has 0 bridgehead atoms. The molecule has 4 heteroatoms. The summed E-state index contributed by atoms with van der Waals surface area (Å²) in [6.07, 6.45) is 4.45. The van der Waals surface area contributed by atoms with Crippen molar-refractivity contribution < 1.29 is 9.59 Å². The largest absolute Gasteiger partial charge is 0.326 e. The topological polar surface area (TPSA) is 46.2 Å². The zero-order valence-electron chi connectivity index (χ0n) is 15.3. The van der Waals surface area contributed by atoms with Gasteiger partial charge in [-0.2, -0.15) is 0 Å². The highest BCUT2D eigenvalue weighted by Gasteiger charge is 2.05. The summed E-state index contributed by atoms with van der Waals surface area (Å²) in [5, 5.41) is 2.87. The summed E-state index contributed by atoms with van der Waals surface area (Å²) in [4.78, 5) is 24.4. The third-order valence-electron chi connectivity index (χ3n) is 4.23. The van der Waals surface area contributed by atoms with E-state index in [9.17, 15) is 9.59 Å². The fraction of sp³-hybridized carbons (Fsp3) is 0.0833. The van der Waals surface area contributed by atoms with E-state index in [2.05, 4.69) is 21.2 Å². The Morgan fingerprint density at radius 3 is 2.21 bits per heavy atom. The zero-order chi connectivity index (χ0) is 19.8. The molecule has 3 aromatic carbocycles. The highest BCUT2D eigenvalue weighted by Crippen LogP contribution is 2.14. The number of hydrogen-bond donors (Lipinski definition) is 1. The molecule has 0 fully saturated rings. The van der Waals surface area contributed by atoms with Crippen molar-refractivity contribution in [2.75, 3.05) is 5.32 Å². The highest BCUT2D eigenvalue weighted by molar-refractivity contribution is 9.10. The second-order valence-electron chi connectivity index (χ2n) is 6.36. The fourth-order valence-electron chi connectivity index (χ4n) is 2.69. The molecule has 28 heavy (non-hydrogen) atoms. The molecule has 1 amide bonds. The SMILES string of the molecule is O=C(CCc1ccccc1)Nc1ccc(C(=O)/C=C\c2ccc(Br)cc2)cc1. The molecule has 1 N–H and O–H groups in total. The van der Waals surface area contributed by atoms with E-state index in [1.54, 1.807) is 36.4 Å². The quantitative estimate of drug-likeness (QED) is 0.371. The van der Waals surface area contributed by atoms with Gasteiger partial charge in [-0.1, -0.05) is 64.5 Å². The summed E-state index contributed by atoms with van der Waals surface area (Å²) in [6.45, 7) is 0. The van der Waals surface area contributed by atoms with Gasteiger partial charge in [-0.25, -0.2) is 0 Å². The van der Waals surface area contributed by atoms with E-state index < -0.39 is 0 Å². The number of halogens is 1. The van der Waals surface area contributed by atoms with Crippen LogP contribution in [0.1, 0.15) is 27.9 Å². The van der Waals surface area contributed by atoms with Crippen LogP contribution < -0.4 is 5.32 Å². The summed E-state index contributed by atoms with van der Waals surface area (Å²) >= 11 is 3.39. The number of amides is 1. The van der Waals surface area contributed by atoms with E-state index in [-0.39, 0.29) is 11.7 Å². The van der Waals surface area contributed by atoms with Gasteiger partial charge in [0.15, 0.2) is 5.78 Å². The van der Waals surface area contributed by atoms with E-state index in [1.165, 1.54) is 0 Å². The molecular weight excluding hydrogens is 414 g/mol. The van der Waals surface area contributed by atoms with Crippen LogP contribution in [-0.2, 0) is 11.2 Å². The maximum atomic E-state index is 12.3. The number of carbonyl (C=O) groups excluding carboxylic acids is 2. The molecular formula is C24H20BrNO2. The minimum atomic E-state index is -0.0788. The van der Waals surface area contributed by atoms with Crippen molar-refractivity contribution in [1.29, 1.82) is 0 Å². The Bertz CT molecular complexity index is 962. The van der Waals surface area contributed by atoms with Crippen LogP contribution in [0.4, 0.5) is 5.69 Å².